The quantitative estimate of drug-likeness (QED) is 0.638. The van der Waals surface area contributed by atoms with E-state index in [1.807, 2.05) is 62.4 Å². The SMILES string of the molecule is Cc1cccc(-n2nnnc2SC(C)C(=O)Nc2ccc(Br)cc2)c1. The highest BCUT2D eigenvalue weighted by atomic mass is 79.9. The molecule has 1 aromatic heterocycles. The van der Waals surface area contributed by atoms with Crippen LogP contribution in [0.15, 0.2) is 58.2 Å². The minimum absolute atomic E-state index is 0.105. The number of hydrogen-bond acceptors (Lipinski definition) is 5. The standard InChI is InChI=1S/C17H16BrN5OS/c1-11-4-3-5-15(10-11)23-17(20-21-22-23)25-12(2)16(24)19-14-8-6-13(18)7-9-14/h3-10,12H,1-2H3,(H,19,24). The van der Waals surface area contributed by atoms with Gasteiger partial charge in [0.05, 0.1) is 10.9 Å². The van der Waals surface area contributed by atoms with Crippen LogP contribution in [0.4, 0.5) is 5.69 Å². The average Bonchev–Trinajstić information content (AvgIpc) is 3.05. The van der Waals surface area contributed by atoms with Gasteiger partial charge in [-0.25, -0.2) is 0 Å². The van der Waals surface area contributed by atoms with Gasteiger partial charge in [0.2, 0.25) is 11.1 Å². The van der Waals surface area contributed by atoms with E-state index < -0.39 is 0 Å². The number of tetrazole rings is 1. The van der Waals surface area contributed by atoms with Crippen LogP contribution >= 0.6 is 27.7 Å². The fourth-order valence-corrected chi connectivity index (χ4v) is 3.23. The molecule has 1 N–H and O–H groups in total. The highest BCUT2D eigenvalue weighted by Gasteiger charge is 2.19. The molecule has 0 spiro atoms. The Hall–Kier alpha value is -2.19. The molecule has 0 aliphatic carbocycles. The number of amides is 1. The van der Waals surface area contributed by atoms with Crippen LogP contribution in [-0.4, -0.2) is 31.4 Å². The van der Waals surface area contributed by atoms with E-state index in [4.69, 9.17) is 0 Å². The Bertz CT molecular complexity index is 881. The van der Waals surface area contributed by atoms with E-state index in [2.05, 4.69) is 36.8 Å². The molecular formula is C17H16BrN5OS. The molecule has 0 fully saturated rings. The number of aromatic nitrogens is 4. The summed E-state index contributed by atoms with van der Waals surface area (Å²) in [5.41, 5.74) is 2.73. The van der Waals surface area contributed by atoms with Gasteiger partial charge >= 0.3 is 0 Å². The van der Waals surface area contributed by atoms with E-state index in [0.717, 1.165) is 21.4 Å². The van der Waals surface area contributed by atoms with E-state index in [9.17, 15) is 4.79 Å². The number of hydrogen-bond donors (Lipinski definition) is 1. The van der Waals surface area contributed by atoms with Crippen LogP contribution in [0.25, 0.3) is 5.69 Å². The molecule has 2 aromatic carbocycles. The summed E-state index contributed by atoms with van der Waals surface area (Å²) in [6.07, 6.45) is 0. The van der Waals surface area contributed by atoms with Crippen molar-refractivity contribution in [2.75, 3.05) is 5.32 Å². The highest BCUT2D eigenvalue weighted by molar-refractivity contribution is 9.10. The summed E-state index contributed by atoms with van der Waals surface area (Å²) in [5, 5.41) is 14.9. The molecular weight excluding hydrogens is 402 g/mol. The first-order valence-electron chi connectivity index (χ1n) is 7.61. The first-order valence-corrected chi connectivity index (χ1v) is 9.29. The molecule has 1 unspecified atom stereocenters. The van der Waals surface area contributed by atoms with Gasteiger partial charge in [-0.1, -0.05) is 39.8 Å². The van der Waals surface area contributed by atoms with Gasteiger partial charge in [0.15, 0.2) is 0 Å². The van der Waals surface area contributed by atoms with Crippen LogP contribution < -0.4 is 5.32 Å². The van der Waals surface area contributed by atoms with Crippen molar-refractivity contribution < 1.29 is 4.79 Å². The summed E-state index contributed by atoms with van der Waals surface area (Å²) in [4.78, 5) is 12.4. The van der Waals surface area contributed by atoms with Crippen molar-refractivity contribution in [1.82, 2.24) is 20.2 Å². The molecule has 0 radical (unpaired) electrons. The predicted octanol–water partition coefficient (Wildman–Crippen LogP) is 3.85. The van der Waals surface area contributed by atoms with Crippen molar-refractivity contribution in [3.8, 4) is 5.69 Å². The zero-order valence-electron chi connectivity index (χ0n) is 13.7. The summed E-state index contributed by atoms with van der Waals surface area (Å²) in [6.45, 7) is 3.84. The van der Waals surface area contributed by atoms with E-state index in [0.29, 0.717) is 5.16 Å². The average molecular weight is 418 g/mol. The van der Waals surface area contributed by atoms with Crippen LogP contribution in [0.2, 0.25) is 0 Å². The van der Waals surface area contributed by atoms with Crippen LogP contribution in [0.3, 0.4) is 0 Å². The second-order valence-electron chi connectivity index (χ2n) is 5.47. The number of benzene rings is 2. The molecule has 1 amide bonds. The fraction of sp³-hybridized carbons (Fsp3) is 0.176. The number of nitrogens with one attached hydrogen (secondary N) is 1. The first kappa shape index (κ1) is 17.6. The van der Waals surface area contributed by atoms with Crippen LogP contribution in [0, 0.1) is 6.92 Å². The number of thioether (sulfide) groups is 1. The molecule has 25 heavy (non-hydrogen) atoms. The lowest BCUT2D eigenvalue weighted by atomic mass is 10.2. The molecule has 0 aliphatic rings. The second-order valence-corrected chi connectivity index (χ2v) is 7.69. The minimum Gasteiger partial charge on any atom is -0.325 e. The number of nitrogens with zero attached hydrogens (tertiary/aromatic N) is 4. The van der Waals surface area contributed by atoms with Gasteiger partial charge in [-0.05, 0) is 66.2 Å². The second kappa shape index (κ2) is 7.79. The van der Waals surface area contributed by atoms with E-state index in [1.54, 1.807) is 4.68 Å². The fourth-order valence-electron chi connectivity index (χ4n) is 2.16. The predicted molar refractivity (Wildman–Crippen MR) is 102 cm³/mol. The zero-order chi connectivity index (χ0) is 17.8. The van der Waals surface area contributed by atoms with Crippen molar-refractivity contribution in [3.63, 3.8) is 0 Å². The number of rotatable bonds is 5. The molecule has 0 saturated carbocycles. The van der Waals surface area contributed by atoms with Gasteiger partial charge in [0.1, 0.15) is 0 Å². The lowest BCUT2D eigenvalue weighted by molar-refractivity contribution is -0.115. The Balaban J connectivity index is 1.71. The third-order valence-corrected chi connectivity index (χ3v) is 5.01. The van der Waals surface area contributed by atoms with Crippen molar-refractivity contribution in [2.45, 2.75) is 24.3 Å². The number of aryl methyl sites for hydroxylation is 1. The maximum atomic E-state index is 12.4. The lowest BCUT2D eigenvalue weighted by Gasteiger charge is -2.12. The van der Waals surface area contributed by atoms with Crippen molar-refractivity contribution >= 4 is 39.3 Å². The third kappa shape index (κ3) is 4.46. The zero-order valence-corrected chi connectivity index (χ0v) is 16.1. The largest absolute Gasteiger partial charge is 0.325 e. The van der Waals surface area contributed by atoms with Gasteiger partial charge in [0.25, 0.3) is 0 Å². The smallest absolute Gasteiger partial charge is 0.237 e. The Morgan fingerprint density at radius 3 is 2.72 bits per heavy atom. The molecule has 6 nitrogen and oxygen atoms in total. The van der Waals surface area contributed by atoms with E-state index in [-0.39, 0.29) is 11.2 Å². The summed E-state index contributed by atoms with van der Waals surface area (Å²) in [5.74, 6) is -0.105. The molecule has 8 heteroatoms. The molecule has 3 rings (SSSR count). The maximum absolute atomic E-state index is 12.4. The summed E-state index contributed by atoms with van der Waals surface area (Å²) in [7, 11) is 0. The summed E-state index contributed by atoms with van der Waals surface area (Å²) in [6, 6.07) is 15.3. The van der Waals surface area contributed by atoms with Gasteiger partial charge in [0, 0.05) is 10.2 Å². The van der Waals surface area contributed by atoms with Gasteiger partial charge in [-0.3, -0.25) is 4.79 Å². The van der Waals surface area contributed by atoms with Crippen molar-refractivity contribution in [2.24, 2.45) is 0 Å². The molecule has 0 saturated heterocycles. The number of halogens is 1. The maximum Gasteiger partial charge on any atom is 0.237 e. The van der Waals surface area contributed by atoms with Gasteiger partial charge < -0.3 is 5.32 Å². The first-order chi connectivity index (χ1) is 12.0. The topological polar surface area (TPSA) is 72.7 Å². The monoisotopic (exact) mass is 417 g/mol. The molecule has 0 bridgehead atoms. The van der Waals surface area contributed by atoms with E-state index >= 15 is 0 Å². The molecule has 0 aliphatic heterocycles. The van der Waals surface area contributed by atoms with Crippen molar-refractivity contribution in [1.29, 1.82) is 0 Å². The summed E-state index contributed by atoms with van der Waals surface area (Å²) >= 11 is 4.69. The number of anilines is 1. The normalized spacial score (nSPS) is 12.0. The van der Waals surface area contributed by atoms with Gasteiger partial charge in [-0.15, -0.1) is 5.10 Å². The molecule has 1 heterocycles. The minimum atomic E-state index is -0.349. The van der Waals surface area contributed by atoms with Crippen molar-refractivity contribution in [3.05, 3.63) is 58.6 Å². The Morgan fingerprint density at radius 2 is 2.00 bits per heavy atom. The Kier molecular flexibility index (Phi) is 5.50. The molecule has 3 aromatic rings. The molecule has 1 atom stereocenters. The molecule has 128 valence electrons. The summed E-state index contributed by atoms with van der Waals surface area (Å²) < 4.78 is 2.60. The van der Waals surface area contributed by atoms with E-state index in [1.165, 1.54) is 11.8 Å². The van der Waals surface area contributed by atoms with Gasteiger partial charge in [-0.2, -0.15) is 4.68 Å². The Labute approximate surface area is 158 Å². The van der Waals surface area contributed by atoms with Crippen LogP contribution in [-0.2, 0) is 4.79 Å². The number of carbonyl (C=O) groups is 1. The van der Waals surface area contributed by atoms with Crippen LogP contribution in [0.5, 0.6) is 0 Å². The van der Waals surface area contributed by atoms with Crippen LogP contribution in [0.1, 0.15) is 12.5 Å². The number of carbonyl (C=O) groups excluding carboxylic acids is 1. The third-order valence-electron chi connectivity index (χ3n) is 3.45. The Morgan fingerprint density at radius 1 is 1.24 bits per heavy atom. The highest BCUT2D eigenvalue weighted by Crippen LogP contribution is 2.24. The lowest BCUT2D eigenvalue weighted by Crippen LogP contribution is -2.22.